The van der Waals surface area contributed by atoms with Gasteiger partial charge < -0.3 is 18.9 Å². The number of aromatic amines is 1. The summed E-state index contributed by atoms with van der Waals surface area (Å²) >= 11 is 1.34. The Morgan fingerprint density at radius 2 is 1.89 bits per heavy atom. The number of aromatic nitrogens is 4. The standard InChI is InChI=1S/C23H24N6O4S2/c1-5-35(30)25-12-16-11-24-29(14-16)13-15-9-17-21(20(10-15)33-4)23(27-26-17)28-34-22-18(31-2)7-6-8-19(22)32-3/h1,6-11,14,25H,12-13H2,2-4H3,(H2,26,27,28). The maximum Gasteiger partial charge on any atom is 0.171 e. The zero-order valence-electron chi connectivity index (χ0n) is 19.3. The van der Waals surface area contributed by atoms with Gasteiger partial charge in [0.25, 0.3) is 0 Å². The first kappa shape index (κ1) is 24.5. The van der Waals surface area contributed by atoms with Crippen LogP contribution in [0.5, 0.6) is 17.2 Å². The lowest BCUT2D eigenvalue weighted by Crippen LogP contribution is -2.14. The summed E-state index contributed by atoms with van der Waals surface area (Å²) in [5, 5.41) is 14.8. The van der Waals surface area contributed by atoms with E-state index in [4.69, 9.17) is 20.6 Å². The molecule has 10 nitrogen and oxygen atoms in total. The van der Waals surface area contributed by atoms with Gasteiger partial charge >= 0.3 is 0 Å². The number of methoxy groups -OCH3 is 3. The van der Waals surface area contributed by atoms with E-state index in [-0.39, 0.29) is 0 Å². The molecule has 0 fully saturated rings. The molecule has 2 aromatic heterocycles. The van der Waals surface area contributed by atoms with Crippen molar-refractivity contribution in [1.29, 1.82) is 0 Å². The molecule has 4 aromatic rings. The molecule has 0 spiro atoms. The molecule has 1 atom stereocenters. The van der Waals surface area contributed by atoms with E-state index in [0.29, 0.717) is 36.2 Å². The van der Waals surface area contributed by atoms with Crippen LogP contribution in [0.1, 0.15) is 11.1 Å². The SMILES string of the molecule is C#CS(=O)NCc1cnn(Cc2cc(OC)c3c(NSc4c(OC)cccc4OC)n[nH]c3c2)c1. The fourth-order valence-electron chi connectivity index (χ4n) is 3.48. The van der Waals surface area contributed by atoms with E-state index in [1.807, 2.05) is 36.5 Å². The number of H-pyrrole nitrogens is 1. The van der Waals surface area contributed by atoms with E-state index in [9.17, 15) is 4.21 Å². The monoisotopic (exact) mass is 512 g/mol. The maximum absolute atomic E-state index is 11.4. The summed E-state index contributed by atoms with van der Waals surface area (Å²) in [5.74, 6) is 2.67. The molecule has 0 saturated carbocycles. The van der Waals surface area contributed by atoms with E-state index < -0.39 is 11.0 Å². The van der Waals surface area contributed by atoms with Gasteiger partial charge in [0.05, 0.1) is 45.0 Å². The molecule has 0 bridgehead atoms. The second-order valence-electron chi connectivity index (χ2n) is 7.24. The molecular formula is C23H24N6O4S2. The number of nitrogens with one attached hydrogen (secondary N) is 3. The molecule has 0 aliphatic rings. The molecule has 0 aliphatic carbocycles. The lowest BCUT2D eigenvalue weighted by molar-refractivity contribution is 0.376. The second kappa shape index (κ2) is 11.2. The molecule has 0 saturated heterocycles. The molecule has 0 aliphatic heterocycles. The van der Waals surface area contributed by atoms with Crippen molar-refractivity contribution in [2.24, 2.45) is 0 Å². The number of hydrogen-bond acceptors (Lipinski definition) is 8. The Hall–Kier alpha value is -3.66. The molecule has 0 radical (unpaired) electrons. The highest BCUT2D eigenvalue weighted by atomic mass is 32.2. The normalized spacial score (nSPS) is 11.7. The van der Waals surface area contributed by atoms with Crippen LogP contribution in [-0.4, -0.2) is 45.5 Å². The summed E-state index contributed by atoms with van der Waals surface area (Å²) in [5.41, 5.74) is 2.66. The molecule has 2 aromatic carbocycles. The van der Waals surface area contributed by atoms with Gasteiger partial charge in [-0.25, -0.2) is 8.93 Å². The highest BCUT2D eigenvalue weighted by molar-refractivity contribution is 8.00. The van der Waals surface area contributed by atoms with Crippen molar-refractivity contribution < 1.29 is 18.4 Å². The van der Waals surface area contributed by atoms with Gasteiger partial charge in [-0.2, -0.15) is 10.2 Å². The molecule has 35 heavy (non-hydrogen) atoms. The number of ether oxygens (including phenoxy) is 3. The van der Waals surface area contributed by atoms with E-state index in [1.165, 1.54) is 11.9 Å². The Labute approximate surface area is 209 Å². The number of nitrogens with zero attached hydrogens (tertiary/aromatic N) is 3. The van der Waals surface area contributed by atoms with Crippen molar-refractivity contribution in [2.75, 3.05) is 26.1 Å². The topological polar surface area (TPSA) is 115 Å². The van der Waals surface area contributed by atoms with Gasteiger partial charge in [0.15, 0.2) is 16.8 Å². The summed E-state index contributed by atoms with van der Waals surface area (Å²) in [4.78, 5) is 0.805. The number of fused-ring (bicyclic) bond motifs is 1. The third-order valence-corrected chi connectivity index (χ3v) is 6.61. The van der Waals surface area contributed by atoms with Gasteiger partial charge in [-0.3, -0.25) is 9.78 Å². The van der Waals surface area contributed by atoms with Crippen LogP contribution in [0.3, 0.4) is 0 Å². The average Bonchev–Trinajstić information content (AvgIpc) is 3.51. The van der Waals surface area contributed by atoms with Crippen LogP contribution in [0, 0.1) is 11.7 Å². The number of hydrogen-bond donors (Lipinski definition) is 3. The molecule has 0 amide bonds. The Morgan fingerprint density at radius 1 is 1.14 bits per heavy atom. The minimum atomic E-state index is -1.50. The number of anilines is 1. The van der Waals surface area contributed by atoms with Crippen LogP contribution < -0.4 is 23.7 Å². The van der Waals surface area contributed by atoms with Crippen LogP contribution >= 0.6 is 11.9 Å². The number of terminal acetylenes is 1. The van der Waals surface area contributed by atoms with Gasteiger partial charge in [0.2, 0.25) is 0 Å². The van der Waals surface area contributed by atoms with Crippen molar-refractivity contribution >= 4 is 39.7 Å². The van der Waals surface area contributed by atoms with Crippen molar-refractivity contribution in [2.45, 2.75) is 18.0 Å². The van der Waals surface area contributed by atoms with Gasteiger partial charge in [-0.05, 0) is 41.8 Å². The maximum atomic E-state index is 11.4. The Kier molecular flexibility index (Phi) is 7.81. The lowest BCUT2D eigenvalue weighted by atomic mass is 10.1. The van der Waals surface area contributed by atoms with Crippen LogP contribution in [0.25, 0.3) is 10.9 Å². The first-order chi connectivity index (χ1) is 17.1. The lowest BCUT2D eigenvalue weighted by Gasteiger charge is -2.13. The predicted octanol–water partition coefficient (Wildman–Crippen LogP) is 3.30. The van der Waals surface area contributed by atoms with Crippen LogP contribution in [0.4, 0.5) is 5.82 Å². The Morgan fingerprint density at radius 3 is 2.57 bits per heavy atom. The smallest absolute Gasteiger partial charge is 0.171 e. The van der Waals surface area contributed by atoms with Crippen molar-refractivity contribution in [3.8, 4) is 28.9 Å². The number of benzene rings is 2. The summed E-state index contributed by atoms with van der Waals surface area (Å²) in [6.07, 6.45) is 8.70. The summed E-state index contributed by atoms with van der Waals surface area (Å²) in [6, 6.07) is 9.55. The van der Waals surface area contributed by atoms with Gasteiger partial charge in [0.1, 0.15) is 22.1 Å². The zero-order valence-corrected chi connectivity index (χ0v) is 21.0. The Bertz CT molecular complexity index is 1370. The minimum Gasteiger partial charge on any atom is -0.496 e. The van der Waals surface area contributed by atoms with E-state index in [0.717, 1.165) is 26.9 Å². The third kappa shape index (κ3) is 5.54. The third-order valence-electron chi connectivity index (χ3n) is 5.08. The van der Waals surface area contributed by atoms with Gasteiger partial charge in [-0.1, -0.05) is 6.07 Å². The molecule has 2 heterocycles. The molecule has 12 heteroatoms. The quantitative estimate of drug-likeness (QED) is 0.207. The molecule has 4 rings (SSSR count). The molecule has 3 N–H and O–H groups in total. The van der Waals surface area contributed by atoms with Crippen molar-refractivity contribution in [3.05, 3.63) is 53.9 Å². The largest absolute Gasteiger partial charge is 0.496 e. The molecule has 1 unspecified atom stereocenters. The molecular weight excluding hydrogens is 488 g/mol. The minimum absolute atomic E-state index is 0.364. The van der Waals surface area contributed by atoms with Crippen LogP contribution in [-0.2, 0) is 24.1 Å². The first-order valence-electron chi connectivity index (χ1n) is 10.4. The average molecular weight is 513 g/mol. The van der Waals surface area contributed by atoms with Crippen molar-refractivity contribution in [3.63, 3.8) is 0 Å². The van der Waals surface area contributed by atoms with E-state index in [1.54, 1.807) is 32.2 Å². The summed E-state index contributed by atoms with van der Waals surface area (Å²) in [6.45, 7) is 0.878. The molecule has 182 valence electrons. The van der Waals surface area contributed by atoms with Crippen LogP contribution in [0.2, 0.25) is 0 Å². The fourth-order valence-corrected chi connectivity index (χ4v) is 4.71. The highest BCUT2D eigenvalue weighted by Crippen LogP contribution is 2.40. The fraction of sp³-hybridized carbons (Fsp3) is 0.217. The van der Waals surface area contributed by atoms with Gasteiger partial charge in [0, 0.05) is 23.6 Å². The predicted molar refractivity (Wildman–Crippen MR) is 137 cm³/mol. The zero-order chi connectivity index (χ0) is 24.8. The van der Waals surface area contributed by atoms with Crippen molar-refractivity contribution in [1.82, 2.24) is 24.7 Å². The summed E-state index contributed by atoms with van der Waals surface area (Å²) in [7, 11) is 3.35. The van der Waals surface area contributed by atoms with Crippen LogP contribution in [0.15, 0.2) is 47.6 Å². The first-order valence-corrected chi connectivity index (χ1v) is 12.3. The Balaban J connectivity index is 1.54. The second-order valence-corrected chi connectivity index (χ2v) is 9.12. The van der Waals surface area contributed by atoms with E-state index in [2.05, 4.69) is 30.0 Å². The highest BCUT2D eigenvalue weighted by Gasteiger charge is 2.16. The van der Waals surface area contributed by atoms with Gasteiger partial charge in [-0.15, -0.1) is 6.42 Å². The van der Waals surface area contributed by atoms with E-state index >= 15 is 0 Å². The summed E-state index contributed by atoms with van der Waals surface area (Å²) < 4.78 is 35.8. The number of rotatable bonds is 11.